The number of aliphatic hydroxyl groups is 2. The minimum atomic E-state index is -0.641. The first kappa shape index (κ1) is 16.4. The molecule has 0 aliphatic heterocycles. The number of carbonyl (C=O) groups is 1. The molecule has 0 saturated heterocycles. The summed E-state index contributed by atoms with van der Waals surface area (Å²) in [5.41, 5.74) is 0. The van der Waals surface area contributed by atoms with Gasteiger partial charge in [-0.3, -0.25) is 4.79 Å². The maximum Gasteiger partial charge on any atom is 0.220 e. The standard InChI is InChI=1S/C13H27NO3/c1-3-5-6-7-9-12(16)11(10-15)14-13(17)8-4-2/h11-12,15-16H,3-10H2,1-2H3,(H,14,17). The first-order valence-electron chi connectivity index (χ1n) is 6.73. The van der Waals surface area contributed by atoms with E-state index in [1.807, 2.05) is 6.92 Å². The van der Waals surface area contributed by atoms with Crippen LogP contribution in [0.1, 0.15) is 58.8 Å². The average Bonchev–Trinajstić information content (AvgIpc) is 2.31. The normalized spacial score (nSPS) is 14.4. The number of aliphatic hydroxyl groups excluding tert-OH is 2. The van der Waals surface area contributed by atoms with Gasteiger partial charge < -0.3 is 15.5 Å². The van der Waals surface area contributed by atoms with E-state index in [0.717, 1.165) is 25.7 Å². The number of carbonyl (C=O) groups excluding carboxylic acids is 1. The zero-order valence-electron chi connectivity index (χ0n) is 11.1. The van der Waals surface area contributed by atoms with Gasteiger partial charge >= 0.3 is 0 Å². The Hall–Kier alpha value is -0.610. The van der Waals surface area contributed by atoms with E-state index >= 15 is 0 Å². The van der Waals surface area contributed by atoms with E-state index in [4.69, 9.17) is 5.11 Å². The van der Waals surface area contributed by atoms with Crippen LogP contribution in [0.25, 0.3) is 0 Å². The molecule has 0 bridgehead atoms. The van der Waals surface area contributed by atoms with Gasteiger partial charge in [0.05, 0.1) is 18.8 Å². The van der Waals surface area contributed by atoms with Crippen LogP contribution >= 0.6 is 0 Å². The number of nitrogens with one attached hydrogen (secondary N) is 1. The quantitative estimate of drug-likeness (QED) is 0.512. The Balaban J connectivity index is 3.86. The molecule has 0 aromatic rings. The molecule has 102 valence electrons. The van der Waals surface area contributed by atoms with Crippen molar-refractivity contribution in [2.75, 3.05) is 6.61 Å². The van der Waals surface area contributed by atoms with Gasteiger partial charge in [0.1, 0.15) is 0 Å². The first-order chi connectivity index (χ1) is 8.15. The van der Waals surface area contributed by atoms with E-state index in [-0.39, 0.29) is 12.5 Å². The third kappa shape index (κ3) is 8.16. The molecule has 0 radical (unpaired) electrons. The van der Waals surface area contributed by atoms with Crippen LogP contribution in [-0.4, -0.2) is 34.9 Å². The van der Waals surface area contributed by atoms with E-state index in [1.54, 1.807) is 0 Å². The second-order valence-electron chi connectivity index (χ2n) is 4.52. The highest BCUT2D eigenvalue weighted by molar-refractivity contribution is 5.76. The number of amides is 1. The van der Waals surface area contributed by atoms with Crippen molar-refractivity contribution in [3.8, 4) is 0 Å². The fraction of sp³-hybridized carbons (Fsp3) is 0.923. The van der Waals surface area contributed by atoms with Crippen LogP contribution < -0.4 is 5.32 Å². The Morgan fingerprint density at radius 1 is 1.18 bits per heavy atom. The Morgan fingerprint density at radius 2 is 1.88 bits per heavy atom. The molecule has 0 heterocycles. The van der Waals surface area contributed by atoms with Crippen molar-refractivity contribution in [2.45, 2.75) is 70.9 Å². The van der Waals surface area contributed by atoms with Crippen LogP contribution in [0.2, 0.25) is 0 Å². The lowest BCUT2D eigenvalue weighted by Crippen LogP contribution is -2.45. The highest BCUT2D eigenvalue weighted by atomic mass is 16.3. The molecule has 4 heteroatoms. The van der Waals surface area contributed by atoms with Crippen LogP contribution in [0, 0.1) is 0 Å². The van der Waals surface area contributed by atoms with Crippen molar-refractivity contribution in [3.63, 3.8) is 0 Å². The van der Waals surface area contributed by atoms with Crippen molar-refractivity contribution in [1.82, 2.24) is 5.32 Å². The number of hydrogen-bond donors (Lipinski definition) is 3. The van der Waals surface area contributed by atoms with Gasteiger partial charge in [0.2, 0.25) is 5.91 Å². The first-order valence-corrected chi connectivity index (χ1v) is 6.73. The van der Waals surface area contributed by atoms with E-state index < -0.39 is 12.1 Å². The maximum absolute atomic E-state index is 11.4. The summed E-state index contributed by atoms with van der Waals surface area (Å²) in [5.74, 6) is -0.0980. The molecule has 0 aromatic carbocycles. The van der Waals surface area contributed by atoms with Gasteiger partial charge in [0.25, 0.3) is 0 Å². The van der Waals surface area contributed by atoms with Crippen LogP contribution in [0.5, 0.6) is 0 Å². The van der Waals surface area contributed by atoms with Gasteiger partial charge in [-0.15, -0.1) is 0 Å². The predicted molar refractivity (Wildman–Crippen MR) is 68.7 cm³/mol. The SMILES string of the molecule is CCCCCCC(O)C(CO)NC(=O)CCC. The lowest BCUT2D eigenvalue weighted by Gasteiger charge is -2.22. The Kier molecular flexibility index (Phi) is 10.2. The summed E-state index contributed by atoms with van der Waals surface area (Å²) in [7, 11) is 0. The summed E-state index contributed by atoms with van der Waals surface area (Å²) in [6.07, 6.45) is 5.57. The fourth-order valence-electron chi connectivity index (χ4n) is 1.75. The molecule has 4 nitrogen and oxygen atoms in total. The summed E-state index contributed by atoms with van der Waals surface area (Å²) in [6.45, 7) is 3.86. The monoisotopic (exact) mass is 245 g/mol. The van der Waals surface area contributed by atoms with Crippen LogP contribution in [0.4, 0.5) is 0 Å². The number of unbranched alkanes of at least 4 members (excludes halogenated alkanes) is 3. The maximum atomic E-state index is 11.4. The molecule has 1 amide bonds. The number of hydrogen-bond acceptors (Lipinski definition) is 3. The second kappa shape index (κ2) is 10.5. The summed E-state index contributed by atoms with van der Waals surface area (Å²) in [4.78, 5) is 11.4. The molecule has 0 aromatic heterocycles. The molecule has 0 rings (SSSR count). The molecule has 0 fully saturated rings. The van der Waals surface area contributed by atoms with Gasteiger partial charge in [-0.25, -0.2) is 0 Å². The minimum absolute atomic E-state index is 0.0980. The van der Waals surface area contributed by atoms with Crippen molar-refractivity contribution in [1.29, 1.82) is 0 Å². The second-order valence-corrected chi connectivity index (χ2v) is 4.52. The average molecular weight is 245 g/mol. The van der Waals surface area contributed by atoms with Gasteiger partial charge in [0, 0.05) is 6.42 Å². The van der Waals surface area contributed by atoms with Crippen molar-refractivity contribution >= 4 is 5.91 Å². The summed E-state index contributed by atoms with van der Waals surface area (Å²) in [6, 6.07) is -0.518. The smallest absolute Gasteiger partial charge is 0.220 e. The van der Waals surface area contributed by atoms with Crippen LogP contribution in [-0.2, 0) is 4.79 Å². The topological polar surface area (TPSA) is 69.6 Å². The van der Waals surface area contributed by atoms with Crippen LogP contribution in [0.15, 0.2) is 0 Å². The highest BCUT2D eigenvalue weighted by Gasteiger charge is 2.19. The lowest BCUT2D eigenvalue weighted by atomic mass is 10.0. The largest absolute Gasteiger partial charge is 0.394 e. The van der Waals surface area contributed by atoms with Gasteiger partial charge in [-0.2, -0.15) is 0 Å². The third-order valence-corrected chi connectivity index (χ3v) is 2.84. The van der Waals surface area contributed by atoms with Gasteiger partial charge in [-0.1, -0.05) is 39.5 Å². The van der Waals surface area contributed by atoms with Gasteiger partial charge in [-0.05, 0) is 12.8 Å². The molecule has 0 spiro atoms. The minimum Gasteiger partial charge on any atom is -0.394 e. The van der Waals surface area contributed by atoms with E-state index in [0.29, 0.717) is 12.8 Å². The van der Waals surface area contributed by atoms with E-state index in [9.17, 15) is 9.90 Å². The predicted octanol–water partition coefficient (Wildman–Crippen LogP) is 1.59. The molecule has 17 heavy (non-hydrogen) atoms. The Morgan fingerprint density at radius 3 is 2.41 bits per heavy atom. The molecule has 0 aliphatic carbocycles. The molecular formula is C13H27NO3. The molecule has 0 aliphatic rings. The van der Waals surface area contributed by atoms with Gasteiger partial charge in [0.15, 0.2) is 0 Å². The summed E-state index contributed by atoms with van der Waals surface area (Å²) < 4.78 is 0. The Labute approximate surface area is 104 Å². The molecule has 0 saturated carbocycles. The molecular weight excluding hydrogens is 218 g/mol. The molecule has 3 N–H and O–H groups in total. The lowest BCUT2D eigenvalue weighted by molar-refractivity contribution is -0.123. The van der Waals surface area contributed by atoms with Crippen molar-refractivity contribution in [3.05, 3.63) is 0 Å². The Bertz CT molecular complexity index is 197. The van der Waals surface area contributed by atoms with Crippen LogP contribution in [0.3, 0.4) is 0 Å². The molecule has 2 atom stereocenters. The summed E-state index contributed by atoms with van der Waals surface area (Å²) in [5, 5.41) is 21.7. The van der Waals surface area contributed by atoms with E-state index in [1.165, 1.54) is 6.42 Å². The highest BCUT2D eigenvalue weighted by Crippen LogP contribution is 2.08. The van der Waals surface area contributed by atoms with Crippen molar-refractivity contribution < 1.29 is 15.0 Å². The third-order valence-electron chi connectivity index (χ3n) is 2.84. The summed E-state index contributed by atoms with van der Waals surface area (Å²) >= 11 is 0. The zero-order chi connectivity index (χ0) is 13.1. The molecule has 2 unspecified atom stereocenters. The van der Waals surface area contributed by atoms with E-state index in [2.05, 4.69) is 12.2 Å². The zero-order valence-corrected chi connectivity index (χ0v) is 11.1. The fourth-order valence-corrected chi connectivity index (χ4v) is 1.75. The van der Waals surface area contributed by atoms with Crippen molar-refractivity contribution in [2.24, 2.45) is 0 Å². The number of rotatable bonds is 10.